The van der Waals surface area contributed by atoms with Crippen molar-refractivity contribution in [2.24, 2.45) is 0 Å². The van der Waals surface area contributed by atoms with E-state index in [2.05, 4.69) is 22.1 Å². The van der Waals surface area contributed by atoms with E-state index in [4.69, 9.17) is 24.1 Å². The predicted octanol–water partition coefficient (Wildman–Crippen LogP) is 2.98. The average Bonchev–Trinajstić information content (AvgIpc) is 3.37. The minimum Gasteiger partial charge on any atom is -0.497 e. The molecule has 0 bridgehead atoms. The van der Waals surface area contributed by atoms with Crippen LogP contribution in [0.5, 0.6) is 5.75 Å². The standard InChI is InChI=1S/C20H27N3O3.C2HF3O2/c1-24-18-5-3-17(4-6-18)13-22-11-12-25-16-20(15-22)8-7-19(26-20)14-23-10-2-9-21-23;3-2(4,5)1(6)7/h2-6,9-10,19H,7-8,11-16H2,1H3;(H,6,7). The molecule has 2 aromatic rings. The van der Waals surface area contributed by atoms with Crippen LogP contribution in [0, 0.1) is 0 Å². The summed E-state index contributed by atoms with van der Waals surface area (Å²) in [7, 11) is 1.70. The second kappa shape index (κ2) is 11.0. The van der Waals surface area contributed by atoms with Crippen molar-refractivity contribution in [3.05, 3.63) is 48.3 Å². The molecule has 4 rings (SSSR count). The van der Waals surface area contributed by atoms with Gasteiger partial charge in [-0.05, 0) is 36.6 Å². The monoisotopic (exact) mass is 471 g/mol. The third-order valence-electron chi connectivity index (χ3n) is 5.52. The Labute approximate surface area is 189 Å². The van der Waals surface area contributed by atoms with E-state index in [0.717, 1.165) is 51.4 Å². The molecule has 2 unspecified atom stereocenters. The topological polar surface area (TPSA) is 86.0 Å². The van der Waals surface area contributed by atoms with E-state index in [0.29, 0.717) is 6.61 Å². The Hall–Kier alpha value is -2.63. The van der Waals surface area contributed by atoms with Gasteiger partial charge < -0.3 is 19.3 Å². The van der Waals surface area contributed by atoms with Gasteiger partial charge in [0.2, 0.25) is 0 Å². The number of hydrogen-bond acceptors (Lipinski definition) is 6. The van der Waals surface area contributed by atoms with Crippen LogP contribution in [0.2, 0.25) is 0 Å². The summed E-state index contributed by atoms with van der Waals surface area (Å²) in [4.78, 5) is 11.3. The maximum Gasteiger partial charge on any atom is 0.490 e. The molecule has 1 aromatic carbocycles. The molecule has 0 radical (unpaired) electrons. The van der Waals surface area contributed by atoms with Crippen LogP contribution in [0.4, 0.5) is 13.2 Å². The normalized spacial score (nSPS) is 23.6. The van der Waals surface area contributed by atoms with E-state index in [-0.39, 0.29) is 11.7 Å². The second-order valence-corrected chi connectivity index (χ2v) is 8.10. The molecule has 2 fully saturated rings. The first kappa shape index (κ1) is 25.0. The molecule has 182 valence electrons. The van der Waals surface area contributed by atoms with Gasteiger partial charge in [-0.2, -0.15) is 18.3 Å². The lowest BCUT2D eigenvalue weighted by Gasteiger charge is -2.32. The molecular formula is C22H28F3N3O5. The van der Waals surface area contributed by atoms with Gasteiger partial charge in [0.1, 0.15) is 11.4 Å². The van der Waals surface area contributed by atoms with Crippen LogP contribution in [0.15, 0.2) is 42.7 Å². The number of aliphatic carboxylic acids is 1. The van der Waals surface area contributed by atoms with Gasteiger partial charge in [-0.3, -0.25) is 9.58 Å². The van der Waals surface area contributed by atoms with Crippen LogP contribution >= 0.6 is 0 Å². The minimum atomic E-state index is -5.08. The number of alkyl halides is 3. The predicted molar refractivity (Wildman–Crippen MR) is 112 cm³/mol. The molecule has 33 heavy (non-hydrogen) atoms. The second-order valence-electron chi connectivity index (χ2n) is 8.10. The molecule has 0 aliphatic carbocycles. The maximum absolute atomic E-state index is 10.6. The van der Waals surface area contributed by atoms with Gasteiger partial charge in [0.15, 0.2) is 0 Å². The lowest BCUT2D eigenvalue weighted by Crippen LogP contribution is -2.44. The number of carbonyl (C=O) groups is 1. The molecule has 1 N–H and O–H groups in total. The van der Waals surface area contributed by atoms with Gasteiger partial charge in [0.05, 0.1) is 33.0 Å². The first-order chi connectivity index (χ1) is 15.7. The smallest absolute Gasteiger partial charge is 0.490 e. The molecule has 2 aliphatic heterocycles. The van der Waals surface area contributed by atoms with Crippen LogP contribution in [-0.2, 0) is 27.4 Å². The summed E-state index contributed by atoms with van der Waals surface area (Å²) in [5, 5.41) is 11.4. The molecule has 11 heteroatoms. The van der Waals surface area contributed by atoms with E-state index in [9.17, 15) is 13.2 Å². The molecule has 2 atom stereocenters. The summed E-state index contributed by atoms with van der Waals surface area (Å²) in [5.41, 5.74) is 1.09. The zero-order chi connectivity index (χ0) is 23.9. The average molecular weight is 471 g/mol. The Morgan fingerprint density at radius 3 is 2.67 bits per heavy atom. The van der Waals surface area contributed by atoms with E-state index in [1.54, 1.807) is 7.11 Å². The van der Waals surface area contributed by atoms with Crippen molar-refractivity contribution in [3.63, 3.8) is 0 Å². The molecule has 1 aromatic heterocycles. The van der Waals surface area contributed by atoms with Crippen molar-refractivity contribution < 1.29 is 37.3 Å². The number of carboxylic acids is 1. The van der Waals surface area contributed by atoms with Gasteiger partial charge in [-0.25, -0.2) is 4.79 Å². The first-order valence-corrected chi connectivity index (χ1v) is 10.6. The zero-order valence-electron chi connectivity index (χ0n) is 18.3. The molecule has 1 spiro atoms. The number of methoxy groups -OCH3 is 1. The number of rotatable bonds is 5. The van der Waals surface area contributed by atoms with Gasteiger partial charge >= 0.3 is 12.1 Å². The maximum atomic E-state index is 10.6. The number of aromatic nitrogens is 2. The van der Waals surface area contributed by atoms with E-state index < -0.39 is 12.1 Å². The summed E-state index contributed by atoms with van der Waals surface area (Å²) in [5.74, 6) is -1.86. The quantitative estimate of drug-likeness (QED) is 0.718. The zero-order valence-corrected chi connectivity index (χ0v) is 18.3. The Balaban J connectivity index is 0.000000383. The van der Waals surface area contributed by atoms with Crippen molar-refractivity contribution in [1.29, 1.82) is 0 Å². The molecule has 3 heterocycles. The summed E-state index contributed by atoms with van der Waals surface area (Å²) in [6.07, 6.45) is 1.03. The number of hydrogen-bond donors (Lipinski definition) is 1. The van der Waals surface area contributed by atoms with Crippen molar-refractivity contribution in [3.8, 4) is 5.75 Å². The van der Waals surface area contributed by atoms with Crippen LogP contribution in [0.3, 0.4) is 0 Å². The van der Waals surface area contributed by atoms with Crippen LogP contribution in [0.25, 0.3) is 0 Å². The third-order valence-corrected chi connectivity index (χ3v) is 5.52. The third kappa shape index (κ3) is 7.44. The van der Waals surface area contributed by atoms with Crippen LogP contribution in [0.1, 0.15) is 18.4 Å². The summed E-state index contributed by atoms with van der Waals surface area (Å²) < 4.78 is 51.4. The largest absolute Gasteiger partial charge is 0.497 e. The number of benzene rings is 1. The molecule has 2 saturated heterocycles. The Morgan fingerprint density at radius 2 is 2.06 bits per heavy atom. The molecule has 0 amide bonds. The van der Waals surface area contributed by atoms with Crippen LogP contribution < -0.4 is 4.74 Å². The lowest BCUT2D eigenvalue weighted by atomic mass is 10.00. The van der Waals surface area contributed by atoms with E-state index in [1.165, 1.54) is 5.56 Å². The number of nitrogens with zero attached hydrogens (tertiary/aromatic N) is 3. The van der Waals surface area contributed by atoms with Crippen molar-refractivity contribution in [2.45, 2.75) is 43.8 Å². The highest BCUT2D eigenvalue weighted by Crippen LogP contribution is 2.34. The Morgan fingerprint density at radius 1 is 1.33 bits per heavy atom. The van der Waals surface area contributed by atoms with Crippen molar-refractivity contribution in [2.75, 3.05) is 33.4 Å². The lowest BCUT2D eigenvalue weighted by molar-refractivity contribution is -0.192. The van der Waals surface area contributed by atoms with Crippen molar-refractivity contribution >= 4 is 5.97 Å². The fourth-order valence-corrected chi connectivity index (χ4v) is 3.97. The van der Waals surface area contributed by atoms with Crippen molar-refractivity contribution in [1.82, 2.24) is 14.7 Å². The molecule has 2 aliphatic rings. The Bertz CT molecular complexity index is 876. The van der Waals surface area contributed by atoms with Gasteiger partial charge in [0, 0.05) is 32.0 Å². The first-order valence-electron chi connectivity index (χ1n) is 10.6. The Kier molecular flexibility index (Phi) is 8.33. The van der Waals surface area contributed by atoms with Crippen LogP contribution in [-0.4, -0.2) is 77.1 Å². The van der Waals surface area contributed by atoms with Gasteiger partial charge in [-0.1, -0.05) is 12.1 Å². The minimum absolute atomic E-state index is 0.194. The van der Waals surface area contributed by atoms with E-state index in [1.807, 2.05) is 35.3 Å². The summed E-state index contributed by atoms with van der Waals surface area (Å²) in [6, 6.07) is 10.3. The molecular weight excluding hydrogens is 443 g/mol. The van der Waals surface area contributed by atoms with Gasteiger partial charge in [0.25, 0.3) is 0 Å². The van der Waals surface area contributed by atoms with Gasteiger partial charge in [-0.15, -0.1) is 0 Å². The SMILES string of the molecule is COc1ccc(CN2CCOCC3(CCC(Cn4cccn4)O3)C2)cc1.O=C(O)C(F)(F)F. The molecule has 0 saturated carbocycles. The fraction of sp³-hybridized carbons (Fsp3) is 0.545. The highest BCUT2D eigenvalue weighted by molar-refractivity contribution is 5.73. The molecule has 8 nitrogen and oxygen atoms in total. The number of ether oxygens (including phenoxy) is 3. The number of carboxylic acid groups (broad SMARTS) is 1. The summed E-state index contributed by atoms with van der Waals surface area (Å²) in [6.45, 7) is 5.00. The number of halogens is 3. The highest BCUT2D eigenvalue weighted by atomic mass is 19.4. The fourth-order valence-electron chi connectivity index (χ4n) is 3.97. The summed E-state index contributed by atoms with van der Waals surface area (Å²) >= 11 is 0. The van der Waals surface area contributed by atoms with E-state index >= 15 is 0 Å². The highest BCUT2D eigenvalue weighted by Gasteiger charge is 2.43.